The van der Waals surface area contributed by atoms with Gasteiger partial charge in [0.05, 0.1) is 18.4 Å². The zero-order valence-electron chi connectivity index (χ0n) is 15.8. The van der Waals surface area contributed by atoms with Crippen molar-refractivity contribution in [1.82, 2.24) is 0 Å². The van der Waals surface area contributed by atoms with Crippen molar-refractivity contribution in [2.75, 3.05) is 24.4 Å². The molecule has 3 aromatic carbocycles. The van der Waals surface area contributed by atoms with Gasteiger partial charge < -0.3 is 25.8 Å². The minimum atomic E-state index is -0.609. The SMILES string of the molecule is COc1ccc(NC(=O)c2ccccc2Nc2ccccc2)cc1OCC(N)=O. The summed E-state index contributed by atoms with van der Waals surface area (Å²) in [5.74, 6) is -0.173. The normalized spacial score (nSPS) is 10.1. The number of rotatable bonds is 8. The average molecular weight is 391 g/mol. The Hall–Kier alpha value is -4.00. The second kappa shape index (κ2) is 9.27. The summed E-state index contributed by atoms with van der Waals surface area (Å²) in [5.41, 5.74) is 7.64. The molecule has 0 atom stereocenters. The number of carbonyl (C=O) groups excluding carboxylic acids is 2. The second-order valence-electron chi connectivity index (χ2n) is 6.11. The Labute approximate surface area is 168 Å². The third-order valence-corrected chi connectivity index (χ3v) is 4.02. The molecule has 0 spiro atoms. The molecule has 0 fully saturated rings. The van der Waals surface area contributed by atoms with Gasteiger partial charge in [0.2, 0.25) is 0 Å². The van der Waals surface area contributed by atoms with Crippen LogP contribution >= 0.6 is 0 Å². The van der Waals surface area contributed by atoms with Gasteiger partial charge in [0.15, 0.2) is 18.1 Å². The molecular formula is C22H21N3O4. The van der Waals surface area contributed by atoms with E-state index in [1.165, 1.54) is 7.11 Å². The van der Waals surface area contributed by atoms with E-state index in [0.717, 1.165) is 5.69 Å². The molecule has 7 heteroatoms. The molecule has 29 heavy (non-hydrogen) atoms. The third-order valence-electron chi connectivity index (χ3n) is 4.02. The molecule has 3 aromatic rings. The summed E-state index contributed by atoms with van der Waals surface area (Å²) in [6.45, 7) is -0.294. The number of nitrogens with two attached hydrogens (primary N) is 1. The molecule has 3 rings (SSSR count). The summed E-state index contributed by atoms with van der Waals surface area (Å²) in [6, 6.07) is 21.7. The van der Waals surface area contributed by atoms with Crippen LogP contribution in [0.15, 0.2) is 72.8 Å². The Kier molecular flexibility index (Phi) is 6.32. The van der Waals surface area contributed by atoms with Crippen molar-refractivity contribution in [2.45, 2.75) is 0 Å². The Balaban J connectivity index is 1.80. The van der Waals surface area contributed by atoms with Crippen molar-refractivity contribution in [1.29, 1.82) is 0 Å². The number of methoxy groups -OCH3 is 1. The third kappa shape index (κ3) is 5.26. The first-order chi connectivity index (χ1) is 14.1. The highest BCUT2D eigenvalue weighted by atomic mass is 16.5. The lowest BCUT2D eigenvalue weighted by atomic mass is 10.1. The summed E-state index contributed by atoms with van der Waals surface area (Å²) in [6.07, 6.45) is 0. The molecule has 4 N–H and O–H groups in total. The van der Waals surface area contributed by atoms with Gasteiger partial charge in [-0.1, -0.05) is 30.3 Å². The molecule has 0 aliphatic heterocycles. The van der Waals surface area contributed by atoms with Gasteiger partial charge in [0.1, 0.15) is 0 Å². The maximum atomic E-state index is 12.9. The largest absolute Gasteiger partial charge is 0.493 e. The van der Waals surface area contributed by atoms with Crippen LogP contribution in [-0.4, -0.2) is 25.5 Å². The van der Waals surface area contributed by atoms with E-state index in [1.54, 1.807) is 30.3 Å². The van der Waals surface area contributed by atoms with Crippen molar-refractivity contribution in [3.8, 4) is 11.5 Å². The van der Waals surface area contributed by atoms with Gasteiger partial charge in [-0.25, -0.2) is 0 Å². The highest BCUT2D eigenvalue weighted by molar-refractivity contribution is 6.08. The van der Waals surface area contributed by atoms with Crippen LogP contribution in [0.25, 0.3) is 0 Å². The topological polar surface area (TPSA) is 103 Å². The Morgan fingerprint density at radius 3 is 2.34 bits per heavy atom. The van der Waals surface area contributed by atoms with Crippen LogP contribution in [-0.2, 0) is 4.79 Å². The van der Waals surface area contributed by atoms with Gasteiger partial charge in [-0.05, 0) is 36.4 Å². The van der Waals surface area contributed by atoms with E-state index >= 15 is 0 Å². The fourth-order valence-electron chi connectivity index (χ4n) is 2.68. The minimum absolute atomic E-state index is 0.294. The molecule has 0 saturated heterocycles. The molecular weight excluding hydrogens is 370 g/mol. The summed E-state index contributed by atoms with van der Waals surface area (Å²) in [5, 5.41) is 6.08. The Morgan fingerprint density at radius 2 is 1.62 bits per heavy atom. The number of ether oxygens (including phenoxy) is 2. The monoisotopic (exact) mass is 391 g/mol. The zero-order chi connectivity index (χ0) is 20.6. The number of carbonyl (C=O) groups is 2. The Bertz CT molecular complexity index is 1010. The molecule has 0 radical (unpaired) electrons. The van der Waals surface area contributed by atoms with E-state index in [2.05, 4.69) is 10.6 Å². The smallest absolute Gasteiger partial charge is 0.257 e. The molecule has 0 aliphatic carbocycles. The highest BCUT2D eigenvalue weighted by Gasteiger charge is 2.14. The van der Waals surface area contributed by atoms with Crippen LogP contribution in [0.4, 0.5) is 17.1 Å². The summed E-state index contributed by atoms with van der Waals surface area (Å²) >= 11 is 0. The van der Waals surface area contributed by atoms with Crippen LogP contribution in [0, 0.1) is 0 Å². The van der Waals surface area contributed by atoms with Crippen LogP contribution in [0.5, 0.6) is 11.5 Å². The number of hydrogen-bond donors (Lipinski definition) is 3. The van der Waals surface area contributed by atoms with Gasteiger partial charge in [-0.15, -0.1) is 0 Å². The van der Waals surface area contributed by atoms with Gasteiger partial charge in [-0.2, -0.15) is 0 Å². The standard InChI is InChI=1S/C22H21N3O4/c1-28-19-12-11-16(13-20(19)29-14-21(23)26)25-22(27)17-9-5-6-10-18(17)24-15-7-3-2-4-8-15/h2-13,24H,14H2,1H3,(H2,23,26)(H,25,27). The lowest BCUT2D eigenvalue weighted by Crippen LogP contribution is -2.20. The number of nitrogens with one attached hydrogen (secondary N) is 2. The summed E-state index contributed by atoms with van der Waals surface area (Å²) in [4.78, 5) is 23.8. The molecule has 0 unspecified atom stereocenters. The van der Waals surface area contributed by atoms with E-state index in [-0.39, 0.29) is 12.5 Å². The van der Waals surface area contributed by atoms with Crippen molar-refractivity contribution in [3.63, 3.8) is 0 Å². The second-order valence-corrected chi connectivity index (χ2v) is 6.11. The zero-order valence-corrected chi connectivity index (χ0v) is 15.8. The molecule has 0 aliphatic rings. The van der Waals surface area contributed by atoms with Gasteiger partial charge in [0.25, 0.3) is 11.8 Å². The number of benzene rings is 3. The number of hydrogen-bond acceptors (Lipinski definition) is 5. The van der Waals surface area contributed by atoms with Crippen LogP contribution in [0.2, 0.25) is 0 Å². The molecule has 0 heterocycles. The predicted octanol–water partition coefficient (Wildman–Crippen LogP) is 3.56. The number of para-hydroxylation sites is 2. The van der Waals surface area contributed by atoms with Crippen LogP contribution in [0.3, 0.4) is 0 Å². The van der Waals surface area contributed by atoms with E-state index in [4.69, 9.17) is 15.2 Å². The quantitative estimate of drug-likeness (QED) is 0.545. The number of anilines is 3. The average Bonchev–Trinajstić information content (AvgIpc) is 2.73. The lowest BCUT2D eigenvalue weighted by molar-refractivity contribution is -0.119. The fraction of sp³-hybridized carbons (Fsp3) is 0.0909. The molecule has 0 saturated carbocycles. The maximum Gasteiger partial charge on any atom is 0.257 e. The first-order valence-electron chi connectivity index (χ1n) is 8.88. The van der Waals surface area contributed by atoms with Gasteiger partial charge >= 0.3 is 0 Å². The first-order valence-corrected chi connectivity index (χ1v) is 8.88. The maximum absolute atomic E-state index is 12.9. The minimum Gasteiger partial charge on any atom is -0.493 e. The predicted molar refractivity (Wildman–Crippen MR) is 112 cm³/mol. The Morgan fingerprint density at radius 1 is 0.897 bits per heavy atom. The molecule has 2 amide bonds. The van der Waals surface area contributed by atoms with Crippen LogP contribution < -0.4 is 25.8 Å². The van der Waals surface area contributed by atoms with E-state index < -0.39 is 5.91 Å². The number of amides is 2. The van der Waals surface area contributed by atoms with Crippen molar-refractivity contribution in [2.24, 2.45) is 5.73 Å². The van der Waals surface area contributed by atoms with Crippen LogP contribution in [0.1, 0.15) is 10.4 Å². The highest BCUT2D eigenvalue weighted by Crippen LogP contribution is 2.31. The van der Waals surface area contributed by atoms with Crippen molar-refractivity contribution < 1.29 is 19.1 Å². The summed E-state index contributed by atoms with van der Waals surface area (Å²) in [7, 11) is 1.48. The van der Waals surface area contributed by atoms with Gasteiger partial charge in [0, 0.05) is 17.4 Å². The summed E-state index contributed by atoms with van der Waals surface area (Å²) < 4.78 is 10.6. The van der Waals surface area contributed by atoms with Crippen molar-refractivity contribution in [3.05, 3.63) is 78.4 Å². The molecule has 0 bridgehead atoms. The van der Waals surface area contributed by atoms with E-state index in [1.807, 2.05) is 42.5 Å². The molecule has 148 valence electrons. The number of primary amides is 1. The molecule has 0 aromatic heterocycles. The van der Waals surface area contributed by atoms with E-state index in [0.29, 0.717) is 28.4 Å². The van der Waals surface area contributed by atoms with E-state index in [9.17, 15) is 9.59 Å². The molecule has 7 nitrogen and oxygen atoms in total. The fourth-order valence-corrected chi connectivity index (χ4v) is 2.68. The van der Waals surface area contributed by atoms with Gasteiger partial charge in [-0.3, -0.25) is 9.59 Å². The first kappa shape index (κ1) is 19.8. The lowest BCUT2D eigenvalue weighted by Gasteiger charge is -2.14. The van der Waals surface area contributed by atoms with Crippen molar-refractivity contribution >= 4 is 28.9 Å².